The second kappa shape index (κ2) is 18.7. The molecule has 1 unspecified atom stereocenters. The molecule has 356 valence electrons. The number of amides is 4. The normalized spacial score (nSPS) is 20.4. The van der Waals surface area contributed by atoms with E-state index in [4.69, 9.17) is 29.7 Å². The van der Waals surface area contributed by atoms with E-state index in [1.165, 1.54) is 12.0 Å². The first-order valence-electron chi connectivity index (χ1n) is 23.3. The van der Waals surface area contributed by atoms with Crippen molar-refractivity contribution in [3.63, 3.8) is 0 Å². The summed E-state index contributed by atoms with van der Waals surface area (Å²) in [4.78, 5) is 76.9. The van der Waals surface area contributed by atoms with Crippen LogP contribution in [0, 0.1) is 18.3 Å². The predicted molar refractivity (Wildman–Crippen MR) is 254 cm³/mol. The summed E-state index contributed by atoms with van der Waals surface area (Å²) in [6, 6.07) is 19.3. The molecule has 5 aliphatic rings. The van der Waals surface area contributed by atoms with Crippen molar-refractivity contribution in [3.8, 4) is 17.2 Å². The number of aliphatic hydroxyl groups excluding tert-OH is 1. The lowest BCUT2D eigenvalue weighted by Crippen LogP contribution is -2.50. The van der Waals surface area contributed by atoms with Gasteiger partial charge < -0.3 is 40.0 Å². The molecule has 1 saturated carbocycles. The number of carbonyl (C=O) groups is 5. The van der Waals surface area contributed by atoms with Crippen molar-refractivity contribution in [1.82, 2.24) is 10.2 Å². The summed E-state index contributed by atoms with van der Waals surface area (Å²) < 4.78 is 23.9. The fraction of sp³-hybridized carbons (Fsp3) is 0.423. The van der Waals surface area contributed by atoms with E-state index >= 15 is 0 Å². The van der Waals surface area contributed by atoms with Gasteiger partial charge in [0.25, 0.3) is 11.8 Å². The third kappa shape index (κ3) is 9.01. The lowest BCUT2D eigenvalue weighted by Gasteiger charge is -2.31. The van der Waals surface area contributed by atoms with Crippen molar-refractivity contribution < 1.29 is 48.0 Å². The standard InChI is InChI=1S/C52H58N6O10/c1-29(2)46(53)47(60)55-31(4)42(59)20-32-11-13-33(14-12-32)27-68-51(64)58-40-24-43(30(3)19-37(40)48(61)56-28-52(15-16-52)25-41(56)50(58)63)66-17-8-18-67-45-23-38-36(22-44(45)65-5)49(62)57-35(26-54-38)21-34-9-6-7-10-39(34)57/h6-7,9-14,19,22-24,26,29,31,35,41,46,50,63H,8,15-18,20-21,25,27-28,53H2,1-5H3,(H,55,60)/t31-,35-,41-,46-,50?/m0/s1. The van der Waals surface area contributed by atoms with Crippen molar-refractivity contribution in [3.05, 3.63) is 106 Å². The molecule has 16 heteroatoms. The van der Waals surface area contributed by atoms with Crippen LogP contribution in [0.15, 0.2) is 77.8 Å². The molecule has 4 amide bonds. The highest BCUT2D eigenvalue weighted by Gasteiger charge is 2.58. The van der Waals surface area contributed by atoms with Gasteiger partial charge in [-0.05, 0) is 84.9 Å². The van der Waals surface area contributed by atoms with Crippen LogP contribution >= 0.6 is 0 Å². The molecule has 1 spiro atoms. The minimum absolute atomic E-state index is 0.0563. The SMILES string of the molecule is COc1cc2c(cc1OCCCOc1cc3c(cc1C)C(=O)N1CC4(CC4)C[C@H]1C(O)N3C(=O)OCc1ccc(CC(=O)[C@H](C)NC(=O)[C@@H](N)C(C)C)cc1)N=C[C@@H]1Cc3ccccc3N1C2=O. The maximum Gasteiger partial charge on any atom is 0.416 e. The van der Waals surface area contributed by atoms with Crippen LogP contribution in [0.3, 0.4) is 0 Å². The highest BCUT2D eigenvalue weighted by molar-refractivity contribution is 6.15. The summed E-state index contributed by atoms with van der Waals surface area (Å²) in [5.41, 5.74) is 11.2. The van der Waals surface area contributed by atoms with Crippen LogP contribution in [-0.4, -0.2) is 103 Å². The molecule has 68 heavy (non-hydrogen) atoms. The Labute approximate surface area is 395 Å². The van der Waals surface area contributed by atoms with Gasteiger partial charge in [0, 0.05) is 49.8 Å². The van der Waals surface area contributed by atoms with Gasteiger partial charge in [-0.2, -0.15) is 0 Å². The van der Waals surface area contributed by atoms with E-state index in [2.05, 4.69) is 5.32 Å². The van der Waals surface area contributed by atoms with Crippen LogP contribution in [0.2, 0.25) is 0 Å². The highest BCUT2D eigenvalue weighted by atomic mass is 16.6. The lowest BCUT2D eigenvalue weighted by atomic mass is 10.0. The number of hydrogen-bond donors (Lipinski definition) is 3. The van der Waals surface area contributed by atoms with E-state index in [0.29, 0.717) is 71.0 Å². The monoisotopic (exact) mass is 926 g/mol. The van der Waals surface area contributed by atoms with Crippen molar-refractivity contribution in [1.29, 1.82) is 0 Å². The van der Waals surface area contributed by atoms with Crippen LogP contribution in [0.4, 0.5) is 21.9 Å². The molecular weight excluding hydrogens is 869 g/mol. The van der Waals surface area contributed by atoms with E-state index in [1.807, 2.05) is 51.3 Å². The topological polar surface area (TPSA) is 203 Å². The molecule has 1 saturated heterocycles. The number of nitrogens with two attached hydrogens (primary N) is 1. The summed E-state index contributed by atoms with van der Waals surface area (Å²) in [5.74, 6) is 0.198. The minimum atomic E-state index is -1.38. The fourth-order valence-corrected chi connectivity index (χ4v) is 9.63. The number of rotatable bonds is 15. The molecule has 4 aromatic rings. The number of aliphatic hydroxyl groups is 1. The number of Topliss-reactive ketones (excluding diaryl/α,β-unsaturated/α-hetero) is 1. The zero-order valence-electron chi connectivity index (χ0n) is 39.0. The Hall–Kier alpha value is -6.78. The third-order valence-corrected chi connectivity index (χ3v) is 13.9. The number of hydrogen-bond acceptors (Lipinski definition) is 12. The average molecular weight is 927 g/mol. The van der Waals surface area contributed by atoms with Crippen LogP contribution in [0.5, 0.6) is 17.2 Å². The number of aryl methyl sites for hydroxylation is 1. The molecule has 4 aromatic carbocycles. The summed E-state index contributed by atoms with van der Waals surface area (Å²) in [6.45, 7) is 7.94. The first kappa shape index (κ1) is 46.3. The van der Waals surface area contributed by atoms with Gasteiger partial charge >= 0.3 is 6.09 Å². The van der Waals surface area contributed by atoms with Gasteiger partial charge in [0.2, 0.25) is 5.91 Å². The Morgan fingerprint density at radius 3 is 2.34 bits per heavy atom. The molecule has 16 nitrogen and oxygen atoms in total. The van der Waals surface area contributed by atoms with E-state index in [-0.39, 0.29) is 78.4 Å². The molecule has 5 atom stereocenters. The van der Waals surface area contributed by atoms with E-state index in [1.54, 1.807) is 65.3 Å². The van der Waals surface area contributed by atoms with E-state index in [0.717, 1.165) is 24.1 Å². The highest BCUT2D eigenvalue weighted by Crippen LogP contribution is 2.57. The van der Waals surface area contributed by atoms with Crippen LogP contribution in [0.25, 0.3) is 0 Å². The van der Waals surface area contributed by atoms with Gasteiger partial charge in [-0.1, -0.05) is 56.3 Å². The molecule has 4 N–H and O–H groups in total. The fourth-order valence-electron chi connectivity index (χ4n) is 9.63. The zero-order valence-corrected chi connectivity index (χ0v) is 39.0. The Morgan fingerprint density at radius 2 is 1.62 bits per heavy atom. The minimum Gasteiger partial charge on any atom is -0.493 e. The Morgan fingerprint density at radius 1 is 0.897 bits per heavy atom. The summed E-state index contributed by atoms with van der Waals surface area (Å²) in [5, 5.41) is 14.7. The predicted octanol–water partition coefficient (Wildman–Crippen LogP) is 6.21. The zero-order chi connectivity index (χ0) is 48.0. The molecule has 0 aromatic heterocycles. The summed E-state index contributed by atoms with van der Waals surface area (Å²) in [7, 11) is 1.52. The number of para-hydroxylation sites is 1. The number of nitrogens with one attached hydrogen (secondary N) is 1. The Bertz CT molecular complexity index is 2680. The molecule has 9 rings (SSSR count). The smallest absolute Gasteiger partial charge is 0.416 e. The molecule has 0 bridgehead atoms. The third-order valence-electron chi connectivity index (χ3n) is 13.9. The van der Waals surface area contributed by atoms with Crippen molar-refractivity contribution in [2.75, 3.05) is 36.7 Å². The maximum atomic E-state index is 14.3. The second-order valence-electron chi connectivity index (χ2n) is 19.1. The average Bonchev–Trinajstić information content (AvgIpc) is 3.88. The van der Waals surface area contributed by atoms with Gasteiger partial charge in [-0.15, -0.1) is 0 Å². The summed E-state index contributed by atoms with van der Waals surface area (Å²) in [6.07, 6.45) is 3.27. The number of methoxy groups -OCH3 is 1. The Balaban J connectivity index is 0.858. The van der Waals surface area contributed by atoms with Crippen molar-refractivity contribution in [2.45, 2.75) is 103 Å². The summed E-state index contributed by atoms with van der Waals surface area (Å²) >= 11 is 0. The number of ether oxygens (including phenoxy) is 4. The van der Waals surface area contributed by atoms with Crippen molar-refractivity contribution in [2.24, 2.45) is 22.1 Å². The first-order chi connectivity index (χ1) is 32.6. The van der Waals surface area contributed by atoms with Crippen LogP contribution in [0.1, 0.15) is 89.4 Å². The molecule has 2 fully saturated rings. The number of nitrogens with zero attached hydrogens (tertiary/aromatic N) is 4. The molecule has 4 heterocycles. The number of carbonyl (C=O) groups excluding carboxylic acids is 5. The quantitative estimate of drug-likeness (QED) is 0.115. The number of benzene rings is 4. The molecule has 0 radical (unpaired) electrons. The van der Waals surface area contributed by atoms with Crippen molar-refractivity contribution >= 4 is 52.9 Å². The van der Waals surface area contributed by atoms with E-state index < -0.39 is 30.4 Å². The Kier molecular flexibility index (Phi) is 12.8. The first-order valence-corrected chi connectivity index (χ1v) is 23.3. The van der Waals surface area contributed by atoms with E-state index in [9.17, 15) is 29.1 Å². The second-order valence-corrected chi connectivity index (χ2v) is 19.1. The van der Waals surface area contributed by atoms with Gasteiger partial charge in [0.05, 0.1) is 67.0 Å². The van der Waals surface area contributed by atoms with Gasteiger partial charge in [0.15, 0.2) is 23.5 Å². The molecular formula is C52H58N6O10. The number of anilines is 2. The largest absolute Gasteiger partial charge is 0.493 e. The molecule has 4 aliphatic heterocycles. The van der Waals surface area contributed by atoms with Crippen LogP contribution in [-0.2, 0) is 33.8 Å². The lowest BCUT2D eigenvalue weighted by molar-refractivity contribution is -0.128. The number of fused-ring (bicyclic) bond motifs is 6. The van der Waals surface area contributed by atoms with Crippen LogP contribution < -0.4 is 35.1 Å². The number of ketones is 1. The maximum absolute atomic E-state index is 14.3. The number of aliphatic imine (C=N–C) groups is 1. The molecule has 1 aliphatic carbocycles. The van der Waals surface area contributed by atoms with Gasteiger partial charge in [-0.3, -0.25) is 29.1 Å². The van der Waals surface area contributed by atoms with Gasteiger partial charge in [-0.25, -0.2) is 9.69 Å². The van der Waals surface area contributed by atoms with Gasteiger partial charge in [0.1, 0.15) is 12.4 Å².